The molecule has 2 aromatic rings. The van der Waals surface area contributed by atoms with Crippen LogP contribution in [0.15, 0.2) is 36.7 Å². The summed E-state index contributed by atoms with van der Waals surface area (Å²) in [5, 5.41) is 0. The lowest BCUT2D eigenvalue weighted by Crippen LogP contribution is -1.92. The number of benzene rings is 1. The summed E-state index contributed by atoms with van der Waals surface area (Å²) in [4.78, 5) is 18.7. The first-order valence-corrected chi connectivity index (χ1v) is 4.64. The lowest BCUT2D eigenvalue weighted by Gasteiger charge is -2.02. The third-order valence-corrected chi connectivity index (χ3v) is 2.19. The molecule has 3 nitrogen and oxygen atoms in total. The van der Waals surface area contributed by atoms with E-state index in [9.17, 15) is 4.79 Å². The van der Waals surface area contributed by atoms with Crippen LogP contribution >= 0.6 is 0 Å². The van der Waals surface area contributed by atoms with E-state index >= 15 is 0 Å². The zero-order chi connectivity index (χ0) is 10.7. The molecule has 2 rings (SSSR count). The summed E-state index contributed by atoms with van der Waals surface area (Å²) >= 11 is 0. The van der Waals surface area contributed by atoms with Crippen molar-refractivity contribution in [2.75, 3.05) is 0 Å². The minimum absolute atomic E-state index is 0.493. The van der Waals surface area contributed by atoms with Gasteiger partial charge in [0.2, 0.25) is 0 Å². The minimum Gasteiger partial charge on any atom is -0.298 e. The molecule has 15 heavy (non-hydrogen) atoms. The van der Waals surface area contributed by atoms with Gasteiger partial charge in [-0.05, 0) is 12.5 Å². The minimum atomic E-state index is 0.493. The first kappa shape index (κ1) is 9.52. The Balaban J connectivity index is 2.46. The van der Waals surface area contributed by atoms with E-state index in [0.717, 1.165) is 17.4 Å². The SMILES string of the molecule is Cc1ccccc1-c1ncc(C=O)cn1. The van der Waals surface area contributed by atoms with Crippen LogP contribution < -0.4 is 0 Å². The fourth-order valence-electron chi connectivity index (χ4n) is 1.36. The van der Waals surface area contributed by atoms with Gasteiger partial charge in [-0.25, -0.2) is 9.97 Å². The van der Waals surface area contributed by atoms with Crippen molar-refractivity contribution in [3.05, 3.63) is 47.8 Å². The molecule has 0 aliphatic carbocycles. The van der Waals surface area contributed by atoms with Gasteiger partial charge in [0, 0.05) is 18.0 Å². The summed E-state index contributed by atoms with van der Waals surface area (Å²) in [5.41, 5.74) is 2.61. The van der Waals surface area contributed by atoms with Crippen molar-refractivity contribution in [2.45, 2.75) is 6.92 Å². The van der Waals surface area contributed by atoms with Gasteiger partial charge in [0.05, 0.1) is 5.56 Å². The molecule has 0 saturated heterocycles. The molecule has 0 spiro atoms. The summed E-state index contributed by atoms with van der Waals surface area (Å²) in [5.74, 6) is 0.652. The highest BCUT2D eigenvalue weighted by molar-refractivity contribution is 5.74. The van der Waals surface area contributed by atoms with E-state index in [-0.39, 0.29) is 0 Å². The van der Waals surface area contributed by atoms with E-state index in [4.69, 9.17) is 0 Å². The summed E-state index contributed by atoms with van der Waals surface area (Å²) in [7, 11) is 0. The molecule has 1 aromatic heterocycles. The number of carbonyl (C=O) groups excluding carboxylic acids is 1. The molecular formula is C12H10N2O. The molecule has 1 aromatic carbocycles. The standard InChI is InChI=1S/C12H10N2O/c1-9-4-2-3-5-11(9)12-13-6-10(8-15)7-14-12/h2-8H,1H3. The number of aromatic nitrogens is 2. The third-order valence-electron chi connectivity index (χ3n) is 2.19. The van der Waals surface area contributed by atoms with Gasteiger partial charge in [-0.3, -0.25) is 4.79 Å². The van der Waals surface area contributed by atoms with Gasteiger partial charge in [-0.1, -0.05) is 24.3 Å². The molecule has 0 aliphatic heterocycles. The van der Waals surface area contributed by atoms with E-state index in [2.05, 4.69) is 9.97 Å². The monoisotopic (exact) mass is 198 g/mol. The van der Waals surface area contributed by atoms with Crippen molar-refractivity contribution in [3.8, 4) is 11.4 Å². The van der Waals surface area contributed by atoms with Crippen LogP contribution in [0.2, 0.25) is 0 Å². The van der Waals surface area contributed by atoms with E-state index in [0.29, 0.717) is 11.4 Å². The third kappa shape index (κ3) is 1.91. The first-order chi connectivity index (χ1) is 7.31. The average molecular weight is 198 g/mol. The predicted octanol–water partition coefficient (Wildman–Crippen LogP) is 2.26. The van der Waals surface area contributed by atoms with Crippen LogP contribution in [0, 0.1) is 6.92 Å². The van der Waals surface area contributed by atoms with Crippen molar-refractivity contribution in [1.82, 2.24) is 9.97 Å². The van der Waals surface area contributed by atoms with Crippen LogP contribution in [-0.2, 0) is 0 Å². The second-order valence-electron chi connectivity index (χ2n) is 3.27. The molecule has 0 saturated carbocycles. The fourth-order valence-corrected chi connectivity index (χ4v) is 1.36. The van der Waals surface area contributed by atoms with E-state index in [1.54, 1.807) is 0 Å². The smallest absolute Gasteiger partial charge is 0.159 e. The van der Waals surface area contributed by atoms with Crippen LogP contribution in [0.25, 0.3) is 11.4 Å². The number of nitrogens with zero attached hydrogens (tertiary/aromatic N) is 2. The molecule has 0 aliphatic rings. The Hall–Kier alpha value is -2.03. The topological polar surface area (TPSA) is 42.9 Å². The van der Waals surface area contributed by atoms with Crippen molar-refractivity contribution in [1.29, 1.82) is 0 Å². The fraction of sp³-hybridized carbons (Fsp3) is 0.0833. The molecule has 0 N–H and O–H groups in total. The van der Waals surface area contributed by atoms with Gasteiger partial charge < -0.3 is 0 Å². The Morgan fingerprint density at radius 1 is 1.13 bits per heavy atom. The number of carbonyl (C=O) groups is 1. The van der Waals surface area contributed by atoms with Crippen LogP contribution in [-0.4, -0.2) is 16.3 Å². The van der Waals surface area contributed by atoms with Crippen molar-refractivity contribution < 1.29 is 4.79 Å². The van der Waals surface area contributed by atoms with E-state index in [1.165, 1.54) is 12.4 Å². The summed E-state index contributed by atoms with van der Waals surface area (Å²) in [6.07, 6.45) is 3.80. The predicted molar refractivity (Wildman–Crippen MR) is 57.6 cm³/mol. The van der Waals surface area contributed by atoms with Crippen LogP contribution in [0.5, 0.6) is 0 Å². The lowest BCUT2D eigenvalue weighted by atomic mass is 10.1. The molecule has 0 fully saturated rings. The maximum Gasteiger partial charge on any atom is 0.159 e. The molecule has 0 bridgehead atoms. The molecule has 0 atom stereocenters. The van der Waals surface area contributed by atoms with Crippen LogP contribution in [0.4, 0.5) is 0 Å². The lowest BCUT2D eigenvalue weighted by molar-refractivity contribution is 0.112. The van der Waals surface area contributed by atoms with E-state index in [1.807, 2.05) is 31.2 Å². The van der Waals surface area contributed by atoms with Crippen molar-refractivity contribution in [3.63, 3.8) is 0 Å². The quantitative estimate of drug-likeness (QED) is 0.695. The Morgan fingerprint density at radius 2 is 1.80 bits per heavy atom. The molecule has 3 heteroatoms. The number of hydrogen-bond donors (Lipinski definition) is 0. The maximum absolute atomic E-state index is 10.4. The number of aldehydes is 1. The van der Waals surface area contributed by atoms with Crippen molar-refractivity contribution >= 4 is 6.29 Å². The first-order valence-electron chi connectivity index (χ1n) is 4.64. The molecule has 0 radical (unpaired) electrons. The normalized spacial score (nSPS) is 9.93. The Morgan fingerprint density at radius 3 is 2.40 bits per heavy atom. The second-order valence-corrected chi connectivity index (χ2v) is 3.27. The van der Waals surface area contributed by atoms with Gasteiger partial charge in [-0.2, -0.15) is 0 Å². The largest absolute Gasteiger partial charge is 0.298 e. The molecule has 0 unspecified atom stereocenters. The molecule has 74 valence electrons. The average Bonchev–Trinajstić information content (AvgIpc) is 2.30. The van der Waals surface area contributed by atoms with Gasteiger partial charge in [0.15, 0.2) is 12.1 Å². The highest BCUT2D eigenvalue weighted by Gasteiger charge is 2.03. The Kier molecular flexibility index (Phi) is 2.54. The van der Waals surface area contributed by atoms with Crippen molar-refractivity contribution in [2.24, 2.45) is 0 Å². The van der Waals surface area contributed by atoms with Gasteiger partial charge in [0.1, 0.15) is 0 Å². The van der Waals surface area contributed by atoms with Gasteiger partial charge in [0.25, 0.3) is 0 Å². The number of aryl methyl sites for hydroxylation is 1. The zero-order valence-corrected chi connectivity index (χ0v) is 8.34. The summed E-state index contributed by atoms with van der Waals surface area (Å²) in [6.45, 7) is 2.01. The molecule has 1 heterocycles. The Bertz CT molecular complexity index is 477. The second kappa shape index (κ2) is 4.00. The van der Waals surface area contributed by atoms with Gasteiger partial charge in [-0.15, -0.1) is 0 Å². The molecular weight excluding hydrogens is 188 g/mol. The highest BCUT2D eigenvalue weighted by Crippen LogP contribution is 2.18. The highest BCUT2D eigenvalue weighted by atomic mass is 16.1. The summed E-state index contributed by atoms with van der Waals surface area (Å²) in [6, 6.07) is 7.88. The maximum atomic E-state index is 10.4. The van der Waals surface area contributed by atoms with Gasteiger partial charge >= 0.3 is 0 Å². The van der Waals surface area contributed by atoms with Crippen LogP contribution in [0.3, 0.4) is 0 Å². The summed E-state index contributed by atoms with van der Waals surface area (Å²) < 4.78 is 0. The number of hydrogen-bond acceptors (Lipinski definition) is 3. The Labute approximate surface area is 87.8 Å². The van der Waals surface area contributed by atoms with Crippen LogP contribution in [0.1, 0.15) is 15.9 Å². The molecule has 0 amide bonds. The van der Waals surface area contributed by atoms with E-state index < -0.39 is 0 Å². The number of rotatable bonds is 2. The zero-order valence-electron chi connectivity index (χ0n) is 8.34.